The summed E-state index contributed by atoms with van der Waals surface area (Å²) in [6.45, 7) is 2.13. The molecule has 0 aliphatic carbocycles. The molecule has 0 saturated heterocycles. The van der Waals surface area contributed by atoms with Gasteiger partial charge in [-0.25, -0.2) is 4.68 Å². The Balaban J connectivity index is 1.95. The molecular formula is C16H19N3O3. The van der Waals surface area contributed by atoms with Gasteiger partial charge >= 0.3 is 0 Å². The molecule has 1 aromatic heterocycles. The van der Waals surface area contributed by atoms with Crippen LogP contribution in [-0.4, -0.2) is 39.2 Å². The monoisotopic (exact) mass is 301 g/mol. The lowest BCUT2D eigenvalue weighted by Crippen LogP contribution is -2.33. The maximum Gasteiger partial charge on any atom is 0.292 e. The fraction of sp³-hybridized carbons (Fsp3) is 0.312. The lowest BCUT2D eigenvalue weighted by molar-refractivity contribution is -0.117. The third-order valence-electron chi connectivity index (χ3n) is 3.31. The number of hydrogen-bond donors (Lipinski definition) is 2. The van der Waals surface area contributed by atoms with E-state index >= 15 is 0 Å². The number of carbonyl (C=O) groups excluding carboxylic acids is 2. The van der Waals surface area contributed by atoms with Crippen LogP contribution in [0.4, 0.5) is 0 Å². The molecule has 0 fully saturated rings. The van der Waals surface area contributed by atoms with Crippen LogP contribution in [0.15, 0.2) is 42.7 Å². The van der Waals surface area contributed by atoms with Gasteiger partial charge in [0.25, 0.3) is 11.7 Å². The van der Waals surface area contributed by atoms with E-state index in [0.717, 1.165) is 5.69 Å². The number of nitrogens with zero attached hydrogens (tertiary/aromatic N) is 2. The lowest BCUT2D eigenvalue weighted by atomic mass is 10.2. The summed E-state index contributed by atoms with van der Waals surface area (Å²) in [7, 11) is 0. The normalized spacial score (nSPS) is 11.9. The topological polar surface area (TPSA) is 84.2 Å². The van der Waals surface area contributed by atoms with Gasteiger partial charge in [-0.2, -0.15) is 5.10 Å². The predicted molar refractivity (Wildman–Crippen MR) is 81.8 cm³/mol. The van der Waals surface area contributed by atoms with Crippen LogP contribution in [-0.2, 0) is 4.79 Å². The fourth-order valence-electron chi connectivity index (χ4n) is 1.93. The van der Waals surface area contributed by atoms with E-state index in [1.807, 2.05) is 37.3 Å². The van der Waals surface area contributed by atoms with Crippen molar-refractivity contribution in [2.75, 3.05) is 6.54 Å². The van der Waals surface area contributed by atoms with Crippen molar-refractivity contribution in [2.24, 2.45) is 0 Å². The molecular weight excluding hydrogens is 282 g/mol. The molecule has 0 saturated carbocycles. The highest BCUT2D eigenvalue weighted by Gasteiger charge is 2.18. The van der Waals surface area contributed by atoms with Crippen molar-refractivity contribution in [1.29, 1.82) is 0 Å². The number of amides is 1. The first kappa shape index (κ1) is 15.9. The van der Waals surface area contributed by atoms with Gasteiger partial charge < -0.3 is 10.4 Å². The molecule has 22 heavy (non-hydrogen) atoms. The van der Waals surface area contributed by atoms with Crippen molar-refractivity contribution in [3.8, 4) is 5.69 Å². The van der Waals surface area contributed by atoms with Crippen LogP contribution >= 0.6 is 0 Å². The molecule has 2 rings (SSSR count). The van der Waals surface area contributed by atoms with Crippen LogP contribution in [0.5, 0.6) is 0 Å². The Morgan fingerprint density at radius 3 is 2.73 bits per heavy atom. The van der Waals surface area contributed by atoms with Gasteiger partial charge in [-0.1, -0.05) is 25.1 Å². The summed E-state index contributed by atoms with van der Waals surface area (Å²) in [5.41, 5.74) is 1.05. The van der Waals surface area contributed by atoms with Crippen LogP contribution < -0.4 is 5.32 Å². The number of aromatic nitrogens is 2. The average Bonchev–Trinajstić information content (AvgIpc) is 3.04. The Morgan fingerprint density at radius 1 is 1.32 bits per heavy atom. The summed E-state index contributed by atoms with van der Waals surface area (Å²) in [5.74, 6) is -1.32. The number of Topliss-reactive ketones (excluding diaryl/α,β-unsaturated/α-hetero) is 1. The van der Waals surface area contributed by atoms with Crippen molar-refractivity contribution in [2.45, 2.75) is 25.9 Å². The van der Waals surface area contributed by atoms with E-state index in [9.17, 15) is 14.7 Å². The Morgan fingerprint density at radius 2 is 2.05 bits per heavy atom. The molecule has 116 valence electrons. The van der Waals surface area contributed by atoms with Crippen molar-refractivity contribution in [3.63, 3.8) is 0 Å². The van der Waals surface area contributed by atoms with Gasteiger partial charge in [-0.15, -0.1) is 0 Å². The Bertz CT molecular complexity index is 637. The minimum Gasteiger partial charge on any atom is -0.393 e. The molecule has 6 nitrogen and oxygen atoms in total. The second-order valence-electron chi connectivity index (χ2n) is 4.94. The molecule has 1 unspecified atom stereocenters. The SMILES string of the molecule is CCC(O)CCNC(=O)C(=O)c1cnn(-c2ccccc2)c1. The molecule has 1 atom stereocenters. The second-order valence-corrected chi connectivity index (χ2v) is 4.94. The van der Waals surface area contributed by atoms with Crippen molar-refractivity contribution < 1.29 is 14.7 Å². The zero-order valence-electron chi connectivity index (χ0n) is 12.4. The van der Waals surface area contributed by atoms with E-state index in [2.05, 4.69) is 10.4 Å². The number of hydrogen-bond acceptors (Lipinski definition) is 4. The van der Waals surface area contributed by atoms with Gasteiger partial charge in [0, 0.05) is 12.7 Å². The highest BCUT2D eigenvalue weighted by atomic mass is 16.3. The second kappa shape index (κ2) is 7.51. The number of benzene rings is 1. The summed E-state index contributed by atoms with van der Waals surface area (Å²) in [6.07, 6.45) is 3.48. The van der Waals surface area contributed by atoms with Gasteiger partial charge in [-0.05, 0) is 25.0 Å². The zero-order valence-corrected chi connectivity index (χ0v) is 12.4. The molecule has 2 N–H and O–H groups in total. The first-order valence-electron chi connectivity index (χ1n) is 7.22. The van der Waals surface area contributed by atoms with Crippen LogP contribution in [0.2, 0.25) is 0 Å². The summed E-state index contributed by atoms with van der Waals surface area (Å²) < 4.78 is 1.54. The summed E-state index contributed by atoms with van der Waals surface area (Å²) in [6, 6.07) is 9.33. The molecule has 0 aliphatic rings. The molecule has 0 spiro atoms. The summed E-state index contributed by atoms with van der Waals surface area (Å²) in [5, 5.41) is 16.0. The standard InChI is InChI=1S/C16H19N3O3/c1-2-14(20)8-9-17-16(22)15(21)12-10-18-19(11-12)13-6-4-3-5-7-13/h3-7,10-11,14,20H,2,8-9H2,1H3,(H,17,22). The van der Waals surface area contributed by atoms with Crippen molar-refractivity contribution in [3.05, 3.63) is 48.3 Å². The maximum atomic E-state index is 12.0. The Hall–Kier alpha value is -2.47. The van der Waals surface area contributed by atoms with E-state index in [1.165, 1.54) is 12.4 Å². The van der Waals surface area contributed by atoms with E-state index in [0.29, 0.717) is 12.8 Å². The highest BCUT2D eigenvalue weighted by Crippen LogP contribution is 2.08. The first-order chi connectivity index (χ1) is 10.6. The first-order valence-corrected chi connectivity index (χ1v) is 7.22. The molecule has 0 radical (unpaired) electrons. The number of nitrogens with one attached hydrogen (secondary N) is 1. The average molecular weight is 301 g/mol. The van der Waals surface area contributed by atoms with Gasteiger partial charge in [0.15, 0.2) is 0 Å². The largest absolute Gasteiger partial charge is 0.393 e. The molecule has 1 amide bonds. The minimum absolute atomic E-state index is 0.234. The van der Waals surface area contributed by atoms with Crippen LogP contribution in [0.3, 0.4) is 0 Å². The van der Waals surface area contributed by atoms with Crippen LogP contribution in [0.25, 0.3) is 5.69 Å². The number of aliphatic hydroxyl groups is 1. The Labute approximate surface area is 128 Å². The number of rotatable bonds is 7. The summed E-state index contributed by atoms with van der Waals surface area (Å²) >= 11 is 0. The minimum atomic E-state index is -0.684. The van der Waals surface area contributed by atoms with Gasteiger partial charge in [0.1, 0.15) is 0 Å². The summed E-state index contributed by atoms with van der Waals surface area (Å²) in [4.78, 5) is 23.8. The number of carbonyl (C=O) groups is 2. The van der Waals surface area contributed by atoms with Gasteiger partial charge in [0.2, 0.25) is 0 Å². The molecule has 6 heteroatoms. The highest BCUT2D eigenvalue weighted by molar-refractivity contribution is 6.42. The molecule has 0 bridgehead atoms. The zero-order chi connectivity index (χ0) is 15.9. The molecule has 0 aliphatic heterocycles. The third-order valence-corrected chi connectivity index (χ3v) is 3.31. The van der Waals surface area contributed by atoms with E-state index < -0.39 is 17.8 Å². The maximum absolute atomic E-state index is 12.0. The number of aliphatic hydroxyl groups excluding tert-OH is 1. The number of ketones is 1. The third kappa shape index (κ3) is 4.02. The van der Waals surface area contributed by atoms with Gasteiger partial charge in [0.05, 0.1) is 23.6 Å². The molecule has 1 aromatic carbocycles. The molecule has 2 aromatic rings. The van der Waals surface area contributed by atoms with Gasteiger partial charge in [-0.3, -0.25) is 9.59 Å². The Kier molecular flexibility index (Phi) is 5.43. The quantitative estimate of drug-likeness (QED) is 0.597. The predicted octanol–water partition coefficient (Wildman–Crippen LogP) is 1.33. The van der Waals surface area contributed by atoms with E-state index in [4.69, 9.17) is 0 Å². The molecule has 1 heterocycles. The van der Waals surface area contributed by atoms with Crippen molar-refractivity contribution in [1.82, 2.24) is 15.1 Å². The van der Waals surface area contributed by atoms with E-state index in [1.54, 1.807) is 4.68 Å². The number of para-hydroxylation sites is 1. The van der Waals surface area contributed by atoms with Crippen molar-refractivity contribution >= 4 is 11.7 Å². The van der Waals surface area contributed by atoms with Crippen LogP contribution in [0, 0.1) is 0 Å². The van der Waals surface area contributed by atoms with E-state index in [-0.39, 0.29) is 12.1 Å². The lowest BCUT2D eigenvalue weighted by Gasteiger charge is -2.07. The fourth-order valence-corrected chi connectivity index (χ4v) is 1.93. The van der Waals surface area contributed by atoms with Crippen LogP contribution in [0.1, 0.15) is 30.1 Å². The smallest absolute Gasteiger partial charge is 0.292 e.